The molecule has 27 heavy (non-hydrogen) atoms. The zero-order chi connectivity index (χ0) is 19.3. The molecule has 3 aromatic carbocycles. The fourth-order valence-electron chi connectivity index (χ4n) is 2.54. The van der Waals surface area contributed by atoms with Crippen molar-refractivity contribution in [3.05, 3.63) is 95.6 Å². The van der Waals surface area contributed by atoms with E-state index in [4.69, 9.17) is 4.74 Å². The van der Waals surface area contributed by atoms with Crippen molar-refractivity contribution in [1.82, 2.24) is 4.83 Å². The molecule has 0 radical (unpaired) electrons. The number of hydrazone groups is 1. The molecule has 0 heterocycles. The number of nitrogens with zero attached hydrogens (tertiary/aromatic N) is 1. The van der Waals surface area contributed by atoms with Gasteiger partial charge in [0, 0.05) is 11.1 Å². The van der Waals surface area contributed by atoms with E-state index in [1.54, 1.807) is 31.4 Å². The SMILES string of the molecule is COc1cccc(/C(=N/NS(=O)(=O)c2ccc(C)cc2)c2ccccc2)c1. The van der Waals surface area contributed by atoms with Gasteiger partial charge in [0.1, 0.15) is 5.75 Å². The lowest BCUT2D eigenvalue weighted by Gasteiger charge is -2.10. The number of hydrogen-bond donors (Lipinski definition) is 1. The van der Waals surface area contributed by atoms with Crippen LogP contribution in [-0.4, -0.2) is 21.2 Å². The van der Waals surface area contributed by atoms with Gasteiger partial charge in [0.15, 0.2) is 0 Å². The molecule has 0 fully saturated rings. The van der Waals surface area contributed by atoms with Crippen molar-refractivity contribution in [2.45, 2.75) is 11.8 Å². The van der Waals surface area contributed by atoms with Crippen molar-refractivity contribution in [2.24, 2.45) is 5.10 Å². The maximum Gasteiger partial charge on any atom is 0.276 e. The van der Waals surface area contributed by atoms with Gasteiger partial charge < -0.3 is 4.74 Å². The van der Waals surface area contributed by atoms with Crippen LogP contribution in [0.25, 0.3) is 0 Å². The molecule has 6 heteroatoms. The second-order valence-electron chi connectivity index (χ2n) is 5.97. The van der Waals surface area contributed by atoms with E-state index < -0.39 is 10.0 Å². The van der Waals surface area contributed by atoms with E-state index in [0.29, 0.717) is 11.5 Å². The normalized spacial score (nSPS) is 11.9. The summed E-state index contributed by atoms with van der Waals surface area (Å²) in [6, 6.07) is 23.3. The van der Waals surface area contributed by atoms with Crippen LogP contribution in [-0.2, 0) is 10.0 Å². The molecule has 5 nitrogen and oxygen atoms in total. The van der Waals surface area contributed by atoms with Gasteiger partial charge in [-0.3, -0.25) is 0 Å². The first-order valence-corrected chi connectivity index (χ1v) is 9.84. The van der Waals surface area contributed by atoms with Crippen molar-refractivity contribution < 1.29 is 13.2 Å². The molecule has 0 saturated carbocycles. The van der Waals surface area contributed by atoms with Crippen LogP contribution in [0.4, 0.5) is 0 Å². The summed E-state index contributed by atoms with van der Waals surface area (Å²) in [6.07, 6.45) is 0. The Labute approximate surface area is 159 Å². The fourth-order valence-corrected chi connectivity index (χ4v) is 3.35. The van der Waals surface area contributed by atoms with Gasteiger partial charge in [0.2, 0.25) is 0 Å². The molecule has 0 amide bonds. The number of hydrogen-bond acceptors (Lipinski definition) is 4. The molecule has 3 rings (SSSR count). The third-order valence-electron chi connectivity index (χ3n) is 4.00. The van der Waals surface area contributed by atoms with Gasteiger partial charge >= 0.3 is 0 Å². The molecule has 0 aliphatic rings. The number of methoxy groups -OCH3 is 1. The van der Waals surface area contributed by atoms with Gasteiger partial charge in [0.25, 0.3) is 10.0 Å². The first-order valence-electron chi connectivity index (χ1n) is 8.35. The van der Waals surface area contributed by atoms with Crippen LogP contribution in [0.1, 0.15) is 16.7 Å². The maximum atomic E-state index is 12.6. The van der Waals surface area contributed by atoms with Crippen LogP contribution in [0, 0.1) is 6.92 Å². The Hall–Kier alpha value is -3.12. The fraction of sp³-hybridized carbons (Fsp3) is 0.0952. The van der Waals surface area contributed by atoms with Crippen molar-refractivity contribution in [2.75, 3.05) is 7.11 Å². The van der Waals surface area contributed by atoms with Gasteiger partial charge in [0.05, 0.1) is 17.7 Å². The average Bonchev–Trinajstić information content (AvgIpc) is 2.69. The number of sulfonamides is 1. The zero-order valence-electron chi connectivity index (χ0n) is 15.1. The minimum absolute atomic E-state index is 0.162. The maximum absolute atomic E-state index is 12.6. The highest BCUT2D eigenvalue weighted by Crippen LogP contribution is 2.18. The molecule has 0 aliphatic carbocycles. The van der Waals surface area contributed by atoms with E-state index in [-0.39, 0.29) is 4.90 Å². The lowest BCUT2D eigenvalue weighted by atomic mass is 10.0. The second-order valence-corrected chi connectivity index (χ2v) is 7.63. The quantitative estimate of drug-likeness (QED) is 0.523. The Morgan fingerprint density at radius 2 is 1.56 bits per heavy atom. The molecule has 0 aliphatic heterocycles. The highest BCUT2D eigenvalue weighted by molar-refractivity contribution is 7.89. The van der Waals surface area contributed by atoms with Gasteiger partial charge in [-0.2, -0.15) is 18.4 Å². The molecule has 0 aromatic heterocycles. The largest absolute Gasteiger partial charge is 0.497 e. The van der Waals surface area contributed by atoms with Crippen molar-refractivity contribution in [1.29, 1.82) is 0 Å². The topological polar surface area (TPSA) is 67.8 Å². The zero-order valence-corrected chi connectivity index (χ0v) is 15.9. The minimum Gasteiger partial charge on any atom is -0.497 e. The van der Waals surface area contributed by atoms with Gasteiger partial charge in [-0.15, -0.1) is 0 Å². The van der Waals surface area contributed by atoms with Gasteiger partial charge in [-0.25, -0.2) is 0 Å². The van der Waals surface area contributed by atoms with E-state index >= 15 is 0 Å². The number of nitrogens with one attached hydrogen (secondary N) is 1. The molecule has 0 spiro atoms. The summed E-state index contributed by atoms with van der Waals surface area (Å²) < 4.78 is 30.5. The first-order chi connectivity index (χ1) is 13.0. The summed E-state index contributed by atoms with van der Waals surface area (Å²) >= 11 is 0. The lowest BCUT2D eigenvalue weighted by molar-refractivity contribution is 0.414. The number of rotatable bonds is 6. The summed E-state index contributed by atoms with van der Waals surface area (Å²) in [5, 5.41) is 4.23. The molecular formula is C21H20N2O3S. The predicted octanol–water partition coefficient (Wildman–Crippen LogP) is 3.73. The Morgan fingerprint density at radius 1 is 0.889 bits per heavy atom. The molecule has 1 N–H and O–H groups in total. The van der Waals surface area contributed by atoms with E-state index in [0.717, 1.165) is 16.7 Å². The summed E-state index contributed by atoms with van der Waals surface area (Å²) in [5.41, 5.74) is 3.02. The number of benzene rings is 3. The van der Waals surface area contributed by atoms with E-state index in [9.17, 15) is 8.42 Å². The Kier molecular flexibility index (Phi) is 5.57. The molecule has 138 valence electrons. The highest BCUT2D eigenvalue weighted by atomic mass is 32.2. The average molecular weight is 380 g/mol. The molecule has 0 unspecified atom stereocenters. The van der Waals surface area contributed by atoms with Crippen molar-refractivity contribution in [3.8, 4) is 5.75 Å². The Bertz CT molecular complexity index is 1040. The van der Waals surface area contributed by atoms with Crippen LogP contribution >= 0.6 is 0 Å². The summed E-state index contributed by atoms with van der Waals surface area (Å²) in [6.45, 7) is 1.90. The standard InChI is InChI=1S/C21H20N2O3S/c1-16-11-13-20(14-12-16)27(24,25)23-22-21(17-7-4-3-5-8-17)18-9-6-10-19(15-18)26-2/h3-15,23H,1-2H3/b22-21+. The number of aryl methyl sites for hydroxylation is 1. The Morgan fingerprint density at radius 3 is 2.22 bits per heavy atom. The number of ether oxygens (including phenoxy) is 1. The summed E-state index contributed by atoms with van der Waals surface area (Å²) in [4.78, 5) is 2.51. The van der Waals surface area contributed by atoms with E-state index in [1.165, 1.54) is 0 Å². The van der Waals surface area contributed by atoms with Crippen molar-refractivity contribution in [3.63, 3.8) is 0 Å². The van der Waals surface area contributed by atoms with Crippen molar-refractivity contribution >= 4 is 15.7 Å². The summed E-state index contributed by atoms with van der Waals surface area (Å²) in [5.74, 6) is 0.664. The molecule has 3 aromatic rings. The molecular weight excluding hydrogens is 360 g/mol. The van der Waals surface area contributed by atoms with Crippen LogP contribution < -0.4 is 9.57 Å². The van der Waals surface area contributed by atoms with Crippen LogP contribution in [0.2, 0.25) is 0 Å². The van der Waals surface area contributed by atoms with E-state index in [2.05, 4.69) is 9.93 Å². The summed E-state index contributed by atoms with van der Waals surface area (Å²) in [7, 11) is -2.19. The van der Waals surface area contributed by atoms with Crippen LogP contribution in [0.3, 0.4) is 0 Å². The predicted molar refractivity (Wildman–Crippen MR) is 107 cm³/mol. The molecule has 0 bridgehead atoms. The highest BCUT2D eigenvalue weighted by Gasteiger charge is 2.15. The minimum atomic E-state index is -3.77. The molecule has 0 saturated heterocycles. The lowest BCUT2D eigenvalue weighted by Crippen LogP contribution is -2.21. The van der Waals surface area contributed by atoms with Crippen LogP contribution in [0.15, 0.2) is 88.9 Å². The Balaban J connectivity index is 2.01. The first kappa shape index (κ1) is 18.7. The molecule has 0 atom stereocenters. The monoisotopic (exact) mass is 380 g/mol. The van der Waals surface area contributed by atoms with Crippen LogP contribution in [0.5, 0.6) is 5.75 Å². The van der Waals surface area contributed by atoms with Gasteiger partial charge in [-0.05, 0) is 31.2 Å². The smallest absolute Gasteiger partial charge is 0.276 e. The van der Waals surface area contributed by atoms with Gasteiger partial charge in [-0.1, -0.05) is 60.2 Å². The third-order valence-corrected chi connectivity index (χ3v) is 5.22. The third kappa shape index (κ3) is 4.54. The second kappa shape index (κ2) is 8.05. The van der Waals surface area contributed by atoms with E-state index in [1.807, 2.05) is 61.5 Å².